The second kappa shape index (κ2) is 7.34. The zero-order valence-corrected chi connectivity index (χ0v) is 13.8. The Bertz CT molecular complexity index is 509. The van der Waals surface area contributed by atoms with Crippen molar-refractivity contribution in [3.63, 3.8) is 0 Å². The molecular formula is C16H21BrFNO2. The second-order valence-electron chi connectivity index (χ2n) is 5.99. The standard InChI is InChI=1S/C16H21BrFNO2/c1-2-3-11-4-6-14(17)13(8-11)9-12-5-7-16(19(20)21)15(18)10-12/h5,7,10-11,13-14H,2-4,6,8-9H2,1H3. The lowest BCUT2D eigenvalue weighted by Gasteiger charge is -2.33. The van der Waals surface area contributed by atoms with E-state index in [2.05, 4.69) is 22.9 Å². The lowest BCUT2D eigenvalue weighted by atomic mass is 9.77. The smallest absolute Gasteiger partial charge is 0.258 e. The highest BCUT2D eigenvalue weighted by molar-refractivity contribution is 9.09. The van der Waals surface area contributed by atoms with E-state index in [0.717, 1.165) is 30.7 Å². The summed E-state index contributed by atoms with van der Waals surface area (Å²) in [4.78, 5) is 10.4. The average molecular weight is 358 g/mol. The molecule has 1 aliphatic rings. The first-order chi connectivity index (χ1) is 10.0. The number of hydrogen-bond acceptors (Lipinski definition) is 2. The van der Waals surface area contributed by atoms with E-state index in [1.165, 1.54) is 31.4 Å². The molecule has 3 atom stereocenters. The van der Waals surface area contributed by atoms with Gasteiger partial charge in [0.1, 0.15) is 0 Å². The van der Waals surface area contributed by atoms with Crippen molar-refractivity contribution < 1.29 is 9.31 Å². The third-order valence-electron chi connectivity index (χ3n) is 4.40. The van der Waals surface area contributed by atoms with Crippen LogP contribution in [0, 0.1) is 27.8 Å². The van der Waals surface area contributed by atoms with Crippen LogP contribution < -0.4 is 0 Å². The Balaban J connectivity index is 2.05. The first-order valence-electron chi connectivity index (χ1n) is 7.58. The van der Waals surface area contributed by atoms with Crippen molar-refractivity contribution in [1.29, 1.82) is 0 Å². The number of benzene rings is 1. The van der Waals surface area contributed by atoms with Crippen molar-refractivity contribution in [1.82, 2.24) is 0 Å². The van der Waals surface area contributed by atoms with Gasteiger partial charge in [-0.05, 0) is 49.1 Å². The quantitative estimate of drug-likeness (QED) is 0.410. The molecule has 1 fully saturated rings. The maximum atomic E-state index is 13.7. The molecule has 3 nitrogen and oxygen atoms in total. The van der Waals surface area contributed by atoms with Crippen LogP contribution in [0.3, 0.4) is 0 Å². The third kappa shape index (κ3) is 4.25. The molecule has 0 N–H and O–H groups in total. The predicted molar refractivity (Wildman–Crippen MR) is 85.2 cm³/mol. The first kappa shape index (κ1) is 16.4. The molecule has 1 saturated carbocycles. The Hall–Kier alpha value is -0.970. The van der Waals surface area contributed by atoms with Gasteiger partial charge in [0.05, 0.1) is 4.92 Å². The summed E-state index contributed by atoms with van der Waals surface area (Å²) < 4.78 is 13.7. The van der Waals surface area contributed by atoms with Crippen molar-refractivity contribution in [2.75, 3.05) is 0 Å². The number of rotatable bonds is 5. The van der Waals surface area contributed by atoms with Gasteiger partial charge in [0.2, 0.25) is 5.82 Å². The minimum atomic E-state index is -0.732. The van der Waals surface area contributed by atoms with Crippen LogP contribution in [0.25, 0.3) is 0 Å². The van der Waals surface area contributed by atoms with E-state index in [1.807, 2.05) is 0 Å². The summed E-state index contributed by atoms with van der Waals surface area (Å²) in [5.74, 6) is 0.511. The van der Waals surface area contributed by atoms with Gasteiger partial charge in [0.15, 0.2) is 0 Å². The van der Waals surface area contributed by atoms with Crippen LogP contribution in [0.4, 0.5) is 10.1 Å². The fourth-order valence-electron chi connectivity index (χ4n) is 3.33. The van der Waals surface area contributed by atoms with Gasteiger partial charge < -0.3 is 0 Å². The Morgan fingerprint density at radius 3 is 2.81 bits per heavy atom. The summed E-state index contributed by atoms with van der Waals surface area (Å²) in [6.45, 7) is 2.21. The van der Waals surface area contributed by atoms with Gasteiger partial charge in [-0.15, -0.1) is 0 Å². The third-order valence-corrected chi connectivity index (χ3v) is 5.61. The van der Waals surface area contributed by atoms with Crippen LogP contribution >= 0.6 is 15.9 Å². The first-order valence-corrected chi connectivity index (χ1v) is 8.49. The Kier molecular flexibility index (Phi) is 5.73. The second-order valence-corrected chi connectivity index (χ2v) is 7.17. The Morgan fingerprint density at radius 2 is 2.19 bits per heavy atom. The number of nitro benzene ring substituents is 1. The summed E-state index contributed by atoms with van der Waals surface area (Å²) in [6.07, 6.45) is 6.81. The average Bonchev–Trinajstić information content (AvgIpc) is 2.42. The molecular weight excluding hydrogens is 337 g/mol. The molecule has 0 bridgehead atoms. The normalized spacial score (nSPS) is 25.8. The van der Waals surface area contributed by atoms with E-state index in [1.54, 1.807) is 6.07 Å². The van der Waals surface area contributed by atoms with Crippen LogP contribution in [-0.4, -0.2) is 9.75 Å². The van der Waals surface area contributed by atoms with E-state index < -0.39 is 16.4 Å². The molecule has 3 unspecified atom stereocenters. The number of alkyl halides is 1. The topological polar surface area (TPSA) is 43.1 Å². The van der Waals surface area contributed by atoms with Crippen molar-refractivity contribution >= 4 is 21.6 Å². The largest absolute Gasteiger partial charge is 0.304 e. The summed E-state index contributed by atoms with van der Waals surface area (Å²) in [6, 6.07) is 4.28. The zero-order chi connectivity index (χ0) is 15.4. The van der Waals surface area contributed by atoms with Crippen LogP contribution in [-0.2, 0) is 6.42 Å². The Morgan fingerprint density at radius 1 is 1.43 bits per heavy atom. The fourth-order valence-corrected chi connectivity index (χ4v) is 4.00. The van der Waals surface area contributed by atoms with E-state index in [0.29, 0.717) is 10.7 Å². The minimum absolute atomic E-state index is 0.443. The summed E-state index contributed by atoms with van der Waals surface area (Å²) in [7, 11) is 0. The van der Waals surface area contributed by atoms with Crippen molar-refractivity contribution in [3.8, 4) is 0 Å². The number of halogens is 2. The summed E-state index contributed by atoms with van der Waals surface area (Å²) >= 11 is 3.75. The molecule has 1 aromatic rings. The van der Waals surface area contributed by atoms with Gasteiger partial charge in [-0.3, -0.25) is 10.1 Å². The number of nitrogens with zero attached hydrogens (tertiary/aromatic N) is 1. The minimum Gasteiger partial charge on any atom is -0.258 e. The molecule has 0 aliphatic heterocycles. The highest BCUT2D eigenvalue weighted by Gasteiger charge is 2.28. The molecule has 0 radical (unpaired) electrons. The van der Waals surface area contributed by atoms with E-state index in [-0.39, 0.29) is 0 Å². The molecule has 0 aromatic heterocycles. The maximum absolute atomic E-state index is 13.7. The number of hydrogen-bond donors (Lipinski definition) is 0. The summed E-state index contributed by atoms with van der Waals surface area (Å²) in [5.41, 5.74) is 0.409. The van der Waals surface area contributed by atoms with E-state index >= 15 is 0 Å². The zero-order valence-electron chi connectivity index (χ0n) is 12.2. The van der Waals surface area contributed by atoms with Gasteiger partial charge in [0.25, 0.3) is 0 Å². The molecule has 0 amide bonds. The molecule has 2 rings (SSSR count). The monoisotopic (exact) mass is 357 g/mol. The molecule has 0 saturated heterocycles. The number of nitro groups is 1. The SMILES string of the molecule is CCCC1CCC(Br)C(Cc2ccc([N+](=O)[O-])c(F)c2)C1. The van der Waals surface area contributed by atoms with Gasteiger partial charge in [0, 0.05) is 10.9 Å². The van der Waals surface area contributed by atoms with E-state index in [4.69, 9.17) is 0 Å². The lowest BCUT2D eigenvalue weighted by Crippen LogP contribution is -2.26. The predicted octanol–water partition coefficient (Wildman–Crippen LogP) is 5.26. The Labute approximate surface area is 133 Å². The molecule has 5 heteroatoms. The van der Waals surface area contributed by atoms with Gasteiger partial charge >= 0.3 is 5.69 Å². The van der Waals surface area contributed by atoms with Crippen molar-refractivity contribution in [2.45, 2.75) is 50.3 Å². The molecule has 0 heterocycles. The highest BCUT2D eigenvalue weighted by Crippen LogP contribution is 2.38. The van der Waals surface area contributed by atoms with Crippen LogP contribution in [0.1, 0.15) is 44.6 Å². The molecule has 0 spiro atoms. The van der Waals surface area contributed by atoms with Crippen molar-refractivity contribution in [3.05, 3.63) is 39.7 Å². The summed E-state index contributed by atoms with van der Waals surface area (Å²) in [5, 5.41) is 10.6. The lowest BCUT2D eigenvalue weighted by molar-refractivity contribution is -0.387. The van der Waals surface area contributed by atoms with Crippen LogP contribution in [0.15, 0.2) is 18.2 Å². The van der Waals surface area contributed by atoms with Crippen LogP contribution in [0.2, 0.25) is 0 Å². The van der Waals surface area contributed by atoms with Crippen LogP contribution in [0.5, 0.6) is 0 Å². The van der Waals surface area contributed by atoms with E-state index in [9.17, 15) is 14.5 Å². The fraction of sp³-hybridized carbons (Fsp3) is 0.625. The van der Waals surface area contributed by atoms with Gasteiger partial charge in [-0.1, -0.05) is 41.8 Å². The molecule has 21 heavy (non-hydrogen) atoms. The molecule has 116 valence electrons. The molecule has 1 aromatic carbocycles. The molecule has 1 aliphatic carbocycles. The van der Waals surface area contributed by atoms with Gasteiger partial charge in [-0.2, -0.15) is 4.39 Å². The van der Waals surface area contributed by atoms with Crippen molar-refractivity contribution in [2.24, 2.45) is 11.8 Å². The maximum Gasteiger partial charge on any atom is 0.304 e. The van der Waals surface area contributed by atoms with Gasteiger partial charge in [-0.25, -0.2) is 0 Å². The highest BCUT2D eigenvalue weighted by atomic mass is 79.9.